The summed E-state index contributed by atoms with van der Waals surface area (Å²) >= 11 is 0. The first kappa shape index (κ1) is 16.1. The van der Waals surface area contributed by atoms with Crippen LogP contribution in [0.3, 0.4) is 0 Å². The molecule has 130 valence electrons. The molecule has 3 aromatic rings. The molecular weight excluding hydrogens is 334 g/mol. The fourth-order valence-corrected chi connectivity index (χ4v) is 3.03. The number of ether oxygens (including phenoxy) is 1. The van der Waals surface area contributed by atoms with Crippen molar-refractivity contribution in [2.75, 3.05) is 6.73 Å². The topological polar surface area (TPSA) is 76.8 Å². The molecule has 1 aromatic heterocycles. The van der Waals surface area contributed by atoms with Crippen LogP contribution in [0.2, 0.25) is 0 Å². The predicted octanol–water partition coefficient (Wildman–Crippen LogP) is 3.08. The number of carbonyl (C=O) groups is 3. The Hall–Kier alpha value is -3.41. The van der Waals surface area contributed by atoms with E-state index in [1.807, 2.05) is 25.1 Å². The van der Waals surface area contributed by atoms with Crippen LogP contribution >= 0.6 is 0 Å². The lowest BCUT2D eigenvalue weighted by Gasteiger charge is -2.13. The molecule has 0 radical (unpaired) electrons. The number of benzene rings is 2. The molecule has 6 heteroatoms. The first-order valence-electron chi connectivity index (χ1n) is 8.12. The highest BCUT2D eigenvalue weighted by molar-refractivity contribution is 6.21. The van der Waals surface area contributed by atoms with Gasteiger partial charge in [0.05, 0.1) is 23.8 Å². The number of esters is 1. The van der Waals surface area contributed by atoms with Crippen molar-refractivity contribution in [1.29, 1.82) is 0 Å². The molecule has 26 heavy (non-hydrogen) atoms. The smallest absolute Gasteiger partial charge is 0.312 e. The van der Waals surface area contributed by atoms with Gasteiger partial charge in [-0.25, -0.2) is 4.90 Å². The summed E-state index contributed by atoms with van der Waals surface area (Å²) in [6, 6.07) is 12.2. The minimum absolute atomic E-state index is 0.000764. The Labute approximate surface area is 149 Å². The molecule has 0 spiro atoms. The van der Waals surface area contributed by atoms with Crippen LogP contribution in [0.4, 0.5) is 0 Å². The second kappa shape index (κ2) is 6.15. The van der Waals surface area contributed by atoms with Crippen LogP contribution in [0, 0.1) is 6.92 Å². The van der Waals surface area contributed by atoms with Gasteiger partial charge >= 0.3 is 5.97 Å². The van der Waals surface area contributed by atoms with Crippen molar-refractivity contribution < 1.29 is 23.5 Å². The zero-order chi connectivity index (χ0) is 18.3. The Bertz CT molecular complexity index is 1010. The van der Waals surface area contributed by atoms with E-state index in [-0.39, 0.29) is 6.42 Å². The molecule has 0 saturated heterocycles. The van der Waals surface area contributed by atoms with Crippen molar-refractivity contribution in [2.45, 2.75) is 13.3 Å². The van der Waals surface area contributed by atoms with Crippen LogP contribution in [-0.2, 0) is 16.0 Å². The van der Waals surface area contributed by atoms with E-state index in [1.165, 1.54) is 6.26 Å². The molecule has 0 saturated carbocycles. The maximum absolute atomic E-state index is 12.2. The summed E-state index contributed by atoms with van der Waals surface area (Å²) < 4.78 is 10.6. The van der Waals surface area contributed by atoms with Gasteiger partial charge < -0.3 is 9.15 Å². The van der Waals surface area contributed by atoms with Gasteiger partial charge in [-0.3, -0.25) is 14.4 Å². The minimum Gasteiger partial charge on any atom is -0.464 e. The lowest BCUT2D eigenvalue weighted by Crippen LogP contribution is -2.33. The van der Waals surface area contributed by atoms with Gasteiger partial charge in [-0.15, -0.1) is 0 Å². The second-order valence-corrected chi connectivity index (χ2v) is 6.17. The third kappa shape index (κ3) is 2.65. The van der Waals surface area contributed by atoms with Crippen molar-refractivity contribution in [2.24, 2.45) is 0 Å². The number of amides is 2. The van der Waals surface area contributed by atoms with Crippen molar-refractivity contribution in [3.63, 3.8) is 0 Å². The highest BCUT2D eigenvalue weighted by Gasteiger charge is 2.35. The fraction of sp³-hybridized carbons (Fsp3) is 0.150. The summed E-state index contributed by atoms with van der Waals surface area (Å²) in [5, 5.41) is 0.841. The Morgan fingerprint density at radius 2 is 1.77 bits per heavy atom. The van der Waals surface area contributed by atoms with Gasteiger partial charge in [-0.05, 0) is 30.7 Å². The maximum Gasteiger partial charge on any atom is 0.312 e. The van der Waals surface area contributed by atoms with Crippen LogP contribution in [0.5, 0.6) is 0 Å². The van der Waals surface area contributed by atoms with E-state index in [0.717, 1.165) is 15.8 Å². The molecule has 0 atom stereocenters. The Balaban J connectivity index is 1.43. The van der Waals surface area contributed by atoms with Crippen LogP contribution in [0.15, 0.2) is 53.1 Å². The highest BCUT2D eigenvalue weighted by Crippen LogP contribution is 2.24. The molecule has 0 fully saturated rings. The fourth-order valence-electron chi connectivity index (χ4n) is 3.03. The summed E-state index contributed by atoms with van der Waals surface area (Å²) in [5.41, 5.74) is 3.11. The summed E-state index contributed by atoms with van der Waals surface area (Å²) in [5.74, 6) is -1.45. The van der Waals surface area contributed by atoms with Gasteiger partial charge in [0.1, 0.15) is 5.58 Å². The predicted molar refractivity (Wildman–Crippen MR) is 92.6 cm³/mol. The van der Waals surface area contributed by atoms with Crippen molar-refractivity contribution >= 4 is 28.8 Å². The number of rotatable bonds is 4. The van der Waals surface area contributed by atoms with Crippen LogP contribution in [0.25, 0.3) is 11.0 Å². The van der Waals surface area contributed by atoms with E-state index in [9.17, 15) is 14.4 Å². The number of nitrogens with zero attached hydrogens (tertiary/aromatic N) is 1. The van der Waals surface area contributed by atoms with Gasteiger partial charge in [-0.2, -0.15) is 0 Å². The maximum atomic E-state index is 12.2. The minimum atomic E-state index is -0.537. The number of fused-ring (bicyclic) bond motifs is 2. The number of aryl methyl sites for hydroxylation is 1. The monoisotopic (exact) mass is 349 g/mol. The van der Waals surface area contributed by atoms with Crippen LogP contribution < -0.4 is 0 Å². The van der Waals surface area contributed by atoms with E-state index < -0.39 is 24.5 Å². The number of hydrogen-bond donors (Lipinski definition) is 0. The van der Waals surface area contributed by atoms with E-state index in [2.05, 4.69) is 0 Å². The lowest BCUT2D eigenvalue weighted by molar-refractivity contribution is -0.145. The molecule has 0 bridgehead atoms. The van der Waals surface area contributed by atoms with Crippen molar-refractivity contribution in [3.8, 4) is 0 Å². The van der Waals surface area contributed by atoms with E-state index in [1.54, 1.807) is 24.3 Å². The van der Waals surface area contributed by atoms with E-state index >= 15 is 0 Å². The zero-order valence-corrected chi connectivity index (χ0v) is 14.0. The molecular formula is C20H15NO5. The average Bonchev–Trinajstić information content (AvgIpc) is 3.13. The molecule has 6 nitrogen and oxygen atoms in total. The average molecular weight is 349 g/mol. The molecule has 2 heterocycles. The van der Waals surface area contributed by atoms with Gasteiger partial charge in [0.25, 0.3) is 11.8 Å². The number of furan rings is 1. The van der Waals surface area contributed by atoms with E-state index in [0.29, 0.717) is 22.3 Å². The van der Waals surface area contributed by atoms with Crippen LogP contribution in [-0.4, -0.2) is 29.4 Å². The van der Waals surface area contributed by atoms with Gasteiger partial charge in [-0.1, -0.05) is 24.3 Å². The molecule has 0 unspecified atom stereocenters. The molecule has 2 aromatic carbocycles. The molecule has 0 aliphatic carbocycles. The first-order valence-corrected chi connectivity index (χ1v) is 8.12. The number of imide groups is 1. The molecule has 2 amide bonds. The third-order valence-corrected chi connectivity index (χ3v) is 4.38. The quantitative estimate of drug-likeness (QED) is 0.534. The Morgan fingerprint density at radius 1 is 1.08 bits per heavy atom. The summed E-state index contributed by atoms with van der Waals surface area (Å²) in [6.07, 6.45) is 1.52. The SMILES string of the molecule is Cc1ccc2c(CC(=O)OCN3C(=O)c4ccccc4C3=O)coc2c1. The van der Waals surface area contributed by atoms with Gasteiger partial charge in [0.2, 0.25) is 0 Å². The number of carbonyl (C=O) groups excluding carboxylic acids is 3. The Morgan fingerprint density at radius 3 is 2.46 bits per heavy atom. The summed E-state index contributed by atoms with van der Waals surface area (Å²) in [6.45, 7) is 1.55. The lowest BCUT2D eigenvalue weighted by atomic mass is 10.1. The zero-order valence-electron chi connectivity index (χ0n) is 14.0. The normalized spacial score (nSPS) is 13.3. The summed E-state index contributed by atoms with van der Waals surface area (Å²) in [7, 11) is 0. The van der Waals surface area contributed by atoms with Crippen LogP contribution in [0.1, 0.15) is 31.8 Å². The standard InChI is InChI=1S/C20H15NO5/c1-12-6-7-14-13(10-25-17(14)8-12)9-18(22)26-11-21-19(23)15-4-2-3-5-16(15)20(21)24/h2-8,10H,9,11H2,1H3. The van der Waals surface area contributed by atoms with E-state index in [4.69, 9.17) is 9.15 Å². The molecule has 4 rings (SSSR count). The summed E-state index contributed by atoms with van der Waals surface area (Å²) in [4.78, 5) is 37.6. The van der Waals surface area contributed by atoms with Crippen molar-refractivity contribution in [1.82, 2.24) is 4.90 Å². The Kier molecular flexibility index (Phi) is 3.80. The first-order chi connectivity index (χ1) is 12.5. The highest BCUT2D eigenvalue weighted by atomic mass is 16.5. The largest absolute Gasteiger partial charge is 0.464 e. The number of hydrogen-bond acceptors (Lipinski definition) is 5. The third-order valence-electron chi connectivity index (χ3n) is 4.38. The second-order valence-electron chi connectivity index (χ2n) is 6.17. The van der Waals surface area contributed by atoms with Gasteiger partial charge in [0, 0.05) is 10.9 Å². The molecule has 1 aliphatic rings. The molecule has 0 N–H and O–H groups in total. The van der Waals surface area contributed by atoms with Gasteiger partial charge in [0.15, 0.2) is 6.73 Å². The van der Waals surface area contributed by atoms with Crippen molar-refractivity contribution in [3.05, 3.63) is 71.0 Å². The molecule has 1 aliphatic heterocycles.